The number of rotatable bonds is 7. The summed E-state index contributed by atoms with van der Waals surface area (Å²) >= 11 is 0. The molecule has 5 nitrogen and oxygen atoms in total. The third-order valence-corrected chi connectivity index (χ3v) is 1.15. The van der Waals surface area contributed by atoms with Gasteiger partial charge in [-0.15, -0.1) is 0 Å². The minimum atomic E-state index is -0.912. The number of carbonyl (C=O) groups is 3. The third-order valence-electron chi connectivity index (χ3n) is 1.15. The maximum atomic E-state index is 10.6. The normalized spacial score (nSPS) is 9.33. The zero-order chi connectivity index (χ0) is 9.40. The first-order valence-corrected chi connectivity index (χ1v) is 3.54. The van der Waals surface area contributed by atoms with Gasteiger partial charge in [0.1, 0.15) is 6.29 Å². The highest BCUT2D eigenvalue weighted by Gasteiger charge is 2.00. The number of aldehydes is 1. The molecule has 0 aromatic rings. The number of carboxylic acids is 1. The van der Waals surface area contributed by atoms with Crippen LogP contribution in [0.15, 0.2) is 0 Å². The quantitative estimate of drug-likeness (QED) is 0.299. The molecule has 0 saturated carbocycles. The average molecular weight is 173 g/mol. The summed E-state index contributed by atoms with van der Waals surface area (Å²) in [4.78, 5) is 30.4. The van der Waals surface area contributed by atoms with Crippen LogP contribution in [0, 0.1) is 0 Å². The molecular formula is C7H11NO4. The standard InChI is InChI=1S/C7H11NO4/c9-4-2-6(10)5-8-3-1-7(11)12/h4,8H,1-3,5H2,(H,11,12). The van der Waals surface area contributed by atoms with Gasteiger partial charge in [0.05, 0.1) is 19.4 Å². The van der Waals surface area contributed by atoms with E-state index in [4.69, 9.17) is 5.11 Å². The fraction of sp³-hybridized carbons (Fsp3) is 0.571. The molecule has 0 fully saturated rings. The maximum absolute atomic E-state index is 10.6. The van der Waals surface area contributed by atoms with Crippen LogP contribution in [-0.2, 0) is 14.4 Å². The van der Waals surface area contributed by atoms with Gasteiger partial charge in [0, 0.05) is 6.54 Å². The number of carboxylic acid groups (broad SMARTS) is 1. The second-order valence-corrected chi connectivity index (χ2v) is 2.23. The molecule has 0 aromatic heterocycles. The van der Waals surface area contributed by atoms with E-state index in [9.17, 15) is 14.4 Å². The van der Waals surface area contributed by atoms with Crippen LogP contribution in [-0.4, -0.2) is 36.2 Å². The van der Waals surface area contributed by atoms with Crippen molar-refractivity contribution in [3.63, 3.8) is 0 Å². The lowest BCUT2D eigenvalue weighted by atomic mass is 10.3. The minimum absolute atomic E-state index is 0.0195. The molecule has 0 unspecified atom stereocenters. The topological polar surface area (TPSA) is 83.5 Å². The van der Waals surface area contributed by atoms with Gasteiger partial charge in [-0.3, -0.25) is 9.59 Å². The lowest BCUT2D eigenvalue weighted by Crippen LogP contribution is -2.25. The molecule has 0 bridgehead atoms. The number of hydrogen-bond donors (Lipinski definition) is 2. The summed E-state index contributed by atoms with van der Waals surface area (Å²) < 4.78 is 0. The summed E-state index contributed by atoms with van der Waals surface area (Å²) in [5.41, 5.74) is 0. The molecular weight excluding hydrogens is 162 g/mol. The molecule has 0 aliphatic carbocycles. The highest BCUT2D eigenvalue weighted by molar-refractivity contribution is 5.91. The molecule has 0 aliphatic rings. The first-order valence-electron chi connectivity index (χ1n) is 3.54. The summed E-state index contributed by atoms with van der Waals surface area (Å²) in [5.74, 6) is -1.14. The Bertz CT molecular complexity index is 178. The SMILES string of the molecule is O=CCC(=O)CNCCC(=O)O. The number of nitrogens with one attached hydrogen (secondary N) is 1. The molecule has 68 valence electrons. The summed E-state index contributed by atoms with van der Waals surface area (Å²) in [6.45, 7) is 0.311. The van der Waals surface area contributed by atoms with Crippen LogP contribution in [0.3, 0.4) is 0 Å². The van der Waals surface area contributed by atoms with Gasteiger partial charge >= 0.3 is 5.97 Å². The van der Waals surface area contributed by atoms with Gasteiger partial charge in [0.25, 0.3) is 0 Å². The molecule has 0 atom stereocenters. The van der Waals surface area contributed by atoms with Gasteiger partial charge in [-0.25, -0.2) is 0 Å². The molecule has 0 aromatic carbocycles. The van der Waals surface area contributed by atoms with Crippen LogP contribution in [0.2, 0.25) is 0 Å². The van der Waals surface area contributed by atoms with Crippen molar-refractivity contribution < 1.29 is 19.5 Å². The molecule has 12 heavy (non-hydrogen) atoms. The Kier molecular flexibility index (Phi) is 5.81. The van der Waals surface area contributed by atoms with Crippen molar-refractivity contribution in [1.82, 2.24) is 5.32 Å². The van der Waals surface area contributed by atoms with E-state index in [1.165, 1.54) is 0 Å². The predicted molar refractivity (Wildman–Crippen MR) is 40.8 cm³/mol. The molecule has 0 heterocycles. The van der Waals surface area contributed by atoms with Crippen molar-refractivity contribution >= 4 is 18.0 Å². The van der Waals surface area contributed by atoms with E-state index in [0.29, 0.717) is 6.29 Å². The van der Waals surface area contributed by atoms with Gasteiger partial charge in [0.2, 0.25) is 0 Å². The Hall–Kier alpha value is -1.23. The Labute approximate surface area is 69.8 Å². The molecule has 0 radical (unpaired) electrons. The second kappa shape index (κ2) is 6.48. The van der Waals surface area contributed by atoms with E-state index in [1.807, 2.05) is 0 Å². The van der Waals surface area contributed by atoms with Gasteiger partial charge < -0.3 is 15.2 Å². The van der Waals surface area contributed by atoms with Gasteiger partial charge in [0.15, 0.2) is 5.78 Å². The monoisotopic (exact) mass is 173 g/mol. The number of ketones is 1. The van der Waals surface area contributed by atoms with Crippen LogP contribution < -0.4 is 5.32 Å². The average Bonchev–Trinajstić information content (AvgIpc) is 1.98. The Morgan fingerprint density at radius 1 is 1.42 bits per heavy atom. The molecule has 0 spiro atoms. The molecule has 5 heteroatoms. The molecule has 0 rings (SSSR count). The van der Waals surface area contributed by atoms with Crippen LogP contribution in [0.25, 0.3) is 0 Å². The number of Topliss-reactive ketones (excluding diaryl/α,β-unsaturated/α-hetero) is 1. The van der Waals surface area contributed by atoms with Gasteiger partial charge in [-0.05, 0) is 0 Å². The minimum Gasteiger partial charge on any atom is -0.481 e. The largest absolute Gasteiger partial charge is 0.481 e. The number of hydrogen-bond acceptors (Lipinski definition) is 4. The highest BCUT2D eigenvalue weighted by atomic mass is 16.4. The lowest BCUT2D eigenvalue weighted by molar-refractivity contribution is -0.137. The van der Waals surface area contributed by atoms with Gasteiger partial charge in [-0.2, -0.15) is 0 Å². The molecule has 0 aliphatic heterocycles. The van der Waals surface area contributed by atoms with E-state index >= 15 is 0 Å². The number of aliphatic carboxylic acids is 1. The first-order chi connectivity index (χ1) is 5.66. The van der Waals surface area contributed by atoms with Crippen LogP contribution in [0.4, 0.5) is 0 Å². The summed E-state index contributed by atoms with van der Waals surface area (Å²) in [7, 11) is 0. The van der Waals surface area contributed by atoms with Crippen molar-refractivity contribution in [2.75, 3.05) is 13.1 Å². The Balaban J connectivity index is 3.25. The molecule has 0 amide bonds. The van der Waals surface area contributed by atoms with Crippen molar-refractivity contribution in [3.05, 3.63) is 0 Å². The van der Waals surface area contributed by atoms with Gasteiger partial charge in [-0.1, -0.05) is 0 Å². The lowest BCUT2D eigenvalue weighted by Gasteiger charge is -1.98. The van der Waals surface area contributed by atoms with E-state index in [-0.39, 0.29) is 31.7 Å². The smallest absolute Gasteiger partial charge is 0.304 e. The highest BCUT2D eigenvalue weighted by Crippen LogP contribution is 1.78. The summed E-state index contributed by atoms with van der Waals surface area (Å²) in [6, 6.07) is 0. The van der Waals surface area contributed by atoms with Crippen LogP contribution >= 0.6 is 0 Å². The van der Waals surface area contributed by atoms with Crippen molar-refractivity contribution in [2.45, 2.75) is 12.8 Å². The number of carbonyl (C=O) groups excluding carboxylic acids is 2. The summed E-state index contributed by atoms with van der Waals surface area (Å²) in [6.07, 6.45) is 0.398. The molecule has 2 N–H and O–H groups in total. The Morgan fingerprint density at radius 3 is 2.58 bits per heavy atom. The maximum Gasteiger partial charge on any atom is 0.304 e. The van der Waals surface area contributed by atoms with E-state index in [1.54, 1.807) is 0 Å². The predicted octanol–water partition coefficient (Wildman–Crippen LogP) is -0.791. The third kappa shape index (κ3) is 6.88. The second-order valence-electron chi connectivity index (χ2n) is 2.23. The zero-order valence-corrected chi connectivity index (χ0v) is 6.58. The van der Waals surface area contributed by atoms with Crippen LogP contribution in [0.1, 0.15) is 12.8 Å². The Morgan fingerprint density at radius 2 is 2.08 bits per heavy atom. The fourth-order valence-corrected chi connectivity index (χ4v) is 0.588. The first kappa shape index (κ1) is 10.8. The van der Waals surface area contributed by atoms with Crippen LogP contribution in [0.5, 0.6) is 0 Å². The zero-order valence-electron chi connectivity index (χ0n) is 6.58. The van der Waals surface area contributed by atoms with Crippen molar-refractivity contribution in [3.8, 4) is 0 Å². The van der Waals surface area contributed by atoms with E-state index in [0.717, 1.165) is 0 Å². The fourth-order valence-electron chi connectivity index (χ4n) is 0.588. The van der Waals surface area contributed by atoms with E-state index in [2.05, 4.69) is 5.32 Å². The summed E-state index contributed by atoms with van der Waals surface area (Å²) in [5, 5.41) is 10.8. The van der Waals surface area contributed by atoms with Crippen molar-refractivity contribution in [1.29, 1.82) is 0 Å². The molecule has 0 saturated heterocycles. The van der Waals surface area contributed by atoms with Crippen molar-refractivity contribution in [2.24, 2.45) is 0 Å². The van der Waals surface area contributed by atoms with E-state index < -0.39 is 5.97 Å².